The summed E-state index contributed by atoms with van der Waals surface area (Å²) in [5.74, 6) is -1.45. The predicted octanol–water partition coefficient (Wildman–Crippen LogP) is 0.739. The second kappa shape index (κ2) is 12.7. The molecule has 3 rings (SSSR count). The molecule has 1 saturated heterocycles. The fourth-order valence-electron chi connectivity index (χ4n) is 3.89. The molecule has 2 aromatic rings. The first-order valence-electron chi connectivity index (χ1n) is 12.4. The van der Waals surface area contributed by atoms with Gasteiger partial charge in [0.25, 0.3) is 5.91 Å². The van der Waals surface area contributed by atoms with Crippen molar-refractivity contribution in [3.63, 3.8) is 0 Å². The second-order valence-corrected chi connectivity index (χ2v) is 10.00. The molecule has 3 heterocycles. The first-order chi connectivity index (χ1) is 18.0. The van der Waals surface area contributed by atoms with Gasteiger partial charge in [0, 0.05) is 32.0 Å². The van der Waals surface area contributed by atoms with Gasteiger partial charge in [-0.3, -0.25) is 24.2 Å². The molecule has 12 nitrogen and oxygen atoms in total. The zero-order chi connectivity index (χ0) is 27.9. The van der Waals surface area contributed by atoms with Gasteiger partial charge in [0.05, 0.1) is 19.3 Å². The normalized spacial score (nSPS) is 18.8. The highest BCUT2D eigenvalue weighted by atomic mass is 16.6. The molecule has 4 atom stereocenters. The van der Waals surface area contributed by atoms with Gasteiger partial charge in [0.15, 0.2) is 11.5 Å². The lowest BCUT2D eigenvalue weighted by Gasteiger charge is -2.26. The predicted molar refractivity (Wildman–Crippen MR) is 135 cm³/mol. The summed E-state index contributed by atoms with van der Waals surface area (Å²) in [6.07, 6.45) is 3.71. The molecule has 38 heavy (non-hydrogen) atoms. The Morgan fingerprint density at radius 1 is 1.05 bits per heavy atom. The van der Waals surface area contributed by atoms with Crippen LogP contribution in [-0.2, 0) is 30.3 Å². The van der Waals surface area contributed by atoms with E-state index in [0.29, 0.717) is 18.8 Å². The average molecular weight is 530 g/mol. The van der Waals surface area contributed by atoms with Gasteiger partial charge in [0.1, 0.15) is 23.4 Å². The molecule has 2 aromatic heterocycles. The Bertz CT molecular complexity index is 1130. The Kier molecular flexibility index (Phi) is 9.70. The SMILES string of the molecule is COC[C@H](NC(=O)c1cc(C)on1)C(=O)N[C@@H](Cc1ccncc1)C(=O)N[C@@H](CC(C)C)C(=O)[C@@]1(C)CO1. The first-order valence-corrected chi connectivity index (χ1v) is 12.4. The van der Waals surface area contributed by atoms with Crippen molar-refractivity contribution in [1.82, 2.24) is 26.1 Å². The van der Waals surface area contributed by atoms with Crippen LogP contribution in [-0.4, -0.2) is 77.7 Å². The monoisotopic (exact) mass is 529 g/mol. The third-order valence-electron chi connectivity index (χ3n) is 6.08. The van der Waals surface area contributed by atoms with Gasteiger partial charge < -0.3 is 29.9 Å². The number of ketones is 1. The van der Waals surface area contributed by atoms with Crippen molar-refractivity contribution < 1.29 is 33.2 Å². The number of nitrogens with one attached hydrogen (secondary N) is 3. The third kappa shape index (κ3) is 7.93. The van der Waals surface area contributed by atoms with E-state index in [4.69, 9.17) is 14.0 Å². The van der Waals surface area contributed by atoms with Crippen LogP contribution in [0.4, 0.5) is 0 Å². The number of aryl methyl sites for hydroxylation is 1. The molecule has 0 bridgehead atoms. The molecule has 0 aromatic carbocycles. The van der Waals surface area contributed by atoms with Gasteiger partial charge in [-0.1, -0.05) is 19.0 Å². The minimum absolute atomic E-state index is 0.00770. The van der Waals surface area contributed by atoms with Crippen LogP contribution in [0, 0.1) is 12.8 Å². The lowest BCUT2D eigenvalue weighted by atomic mass is 9.93. The van der Waals surface area contributed by atoms with Crippen LogP contribution in [0.25, 0.3) is 0 Å². The lowest BCUT2D eigenvalue weighted by molar-refractivity contribution is -0.133. The number of amides is 3. The number of epoxide rings is 1. The zero-order valence-corrected chi connectivity index (χ0v) is 22.3. The number of Topliss-reactive ketones (excluding diaryl/α,β-unsaturated/α-hetero) is 1. The summed E-state index contributed by atoms with van der Waals surface area (Å²) in [6.45, 7) is 7.39. The van der Waals surface area contributed by atoms with Gasteiger partial charge in [-0.15, -0.1) is 0 Å². The van der Waals surface area contributed by atoms with Gasteiger partial charge in [-0.2, -0.15) is 0 Å². The fourth-order valence-corrected chi connectivity index (χ4v) is 3.89. The summed E-state index contributed by atoms with van der Waals surface area (Å²) in [4.78, 5) is 56.3. The highest BCUT2D eigenvalue weighted by molar-refractivity contribution is 5.99. The number of carbonyl (C=O) groups is 4. The Labute approximate surface area is 221 Å². The number of carbonyl (C=O) groups excluding carboxylic acids is 4. The number of methoxy groups -OCH3 is 1. The number of pyridine rings is 1. The summed E-state index contributed by atoms with van der Waals surface area (Å²) in [5, 5.41) is 11.7. The molecule has 1 aliphatic rings. The van der Waals surface area contributed by atoms with Crippen LogP contribution in [0.3, 0.4) is 0 Å². The number of rotatable bonds is 14. The highest BCUT2D eigenvalue weighted by Crippen LogP contribution is 2.29. The molecule has 0 spiro atoms. The molecule has 1 fully saturated rings. The van der Waals surface area contributed by atoms with Crippen molar-refractivity contribution in [2.75, 3.05) is 20.3 Å². The van der Waals surface area contributed by atoms with E-state index in [2.05, 4.69) is 26.1 Å². The maximum Gasteiger partial charge on any atom is 0.274 e. The van der Waals surface area contributed by atoms with Gasteiger partial charge in [0.2, 0.25) is 11.8 Å². The van der Waals surface area contributed by atoms with Crippen LogP contribution in [0.2, 0.25) is 0 Å². The molecule has 12 heteroatoms. The molecule has 1 aliphatic heterocycles. The van der Waals surface area contributed by atoms with E-state index >= 15 is 0 Å². The van der Waals surface area contributed by atoms with Crippen molar-refractivity contribution in [3.05, 3.63) is 47.6 Å². The second-order valence-electron chi connectivity index (χ2n) is 10.00. The van der Waals surface area contributed by atoms with E-state index in [9.17, 15) is 19.2 Å². The Balaban J connectivity index is 1.78. The van der Waals surface area contributed by atoms with E-state index < -0.39 is 41.4 Å². The van der Waals surface area contributed by atoms with Crippen LogP contribution in [0.1, 0.15) is 49.0 Å². The lowest BCUT2D eigenvalue weighted by Crippen LogP contribution is -2.58. The van der Waals surface area contributed by atoms with Crippen LogP contribution < -0.4 is 16.0 Å². The molecular weight excluding hydrogens is 494 g/mol. The molecule has 3 amide bonds. The average Bonchev–Trinajstić information content (AvgIpc) is 3.48. The fraction of sp³-hybridized carbons (Fsp3) is 0.538. The van der Waals surface area contributed by atoms with Gasteiger partial charge in [-0.25, -0.2) is 0 Å². The standard InChI is InChI=1S/C26H35N5O7/c1-15(2)10-18(22(32)26(4)14-37-26)28-23(33)19(12-17-6-8-27-9-7-17)29-25(35)21(13-36-5)30-24(34)20-11-16(3)38-31-20/h6-9,11,15,18-19,21H,10,12-14H2,1-5H3,(H,28,33)(H,29,35)(H,30,34)/t18-,19-,21-,26+/m0/s1. The molecule has 0 radical (unpaired) electrons. The molecular formula is C26H35N5O7. The molecule has 0 saturated carbocycles. The van der Waals surface area contributed by atoms with E-state index in [-0.39, 0.29) is 30.4 Å². The Morgan fingerprint density at radius 2 is 1.68 bits per heavy atom. The first kappa shape index (κ1) is 28.9. The van der Waals surface area contributed by atoms with Crippen LogP contribution in [0.5, 0.6) is 0 Å². The van der Waals surface area contributed by atoms with E-state index in [0.717, 1.165) is 5.56 Å². The third-order valence-corrected chi connectivity index (χ3v) is 6.08. The minimum atomic E-state index is -1.12. The van der Waals surface area contributed by atoms with Crippen molar-refractivity contribution in [1.29, 1.82) is 0 Å². The number of hydrogen-bond acceptors (Lipinski definition) is 9. The summed E-state index contributed by atoms with van der Waals surface area (Å²) in [6, 6.07) is 1.94. The molecule has 0 unspecified atom stereocenters. The van der Waals surface area contributed by atoms with Crippen molar-refractivity contribution in [2.24, 2.45) is 5.92 Å². The van der Waals surface area contributed by atoms with Gasteiger partial charge >= 0.3 is 0 Å². The number of aromatic nitrogens is 2. The minimum Gasteiger partial charge on any atom is -0.382 e. The van der Waals surface area contributed by atoms with E-state index in [1.807, 2.05) is 13.8 Å². The Hall–Kier alpha value is -3.64. The zero-order valence-electron chi connectivity index (χ0n) is 22.3. The van der Waals surface area contributed by atoms with Gasteiger partial charge in [-0.05, 0) is 43.9 Å². The Morgan fingerprint density at radius 3 is 2.24 bits per heavy atom. The number of ether oxygens (including phenoxy) is 2. The molecule has 3 N–H and O–H groups in total. The molecule has 206 valence electrons. The maximum absolute atomic E-state index is 13.5. The van der Waals surface area contributed by atoms with Crippen LogP contribution in [0.15, 0.2) is 35.1 Å². The summed E-state index contributed by atoms with van der Waals surface area (Å²) < 4.78 is 15.4. The van der Waals surface area contributed by atoms with E-state index in [1.54, 1.807) is 38.4 Å². The number of hydrogen-bond donors (Lipinski definition) is 3. The van der Waals surface area contributed by atoms with Crippen molar-refractivity contribution in [3.8, 4) is 0 Å². The largest absolute Gasteiger partial charge is 0.382 e. The summed E-state index contributed by atoms with van der Waals surface area (Å²) in [7, 11) is 1.39. The quantitative estimate of drug-likeness (QED) is 0.299. The topological polar surface area (TPSA) is 165 Å². The summed E-state index contributed by atoms with van der Waals surface area (Å²) >= 11 is 0. The van der Waals surface area contributed by atoms with Crippen molar-refractivity contribution >= 4 is 23.5 Å². The van der Waals surface area contributed by atoms with E-state index in [1.165, 1.54) is 13.2 Å². The highest BCUT2D eigenvalue weighted by Gasteiger charge is 2.50. The smallest absolute Gasteiger partial charge is 0.274 e. The van der Waals surface area contributed by atoms with Crippen LogP contribution >= 0.6 is 0 Å². The maximum atomic E-state index is 13.5. The van der Waals surface area contributed by atoms with Crippen molar-refractivity contribution in [2.45, 2.75) is 64.3 Å². The molecule has 0 aliphatic carbocycles. The summed E-state index contributed by atoms with van der Waals surface area (Å²) in [5.41, 5.74) is -0.160. The number of nitrogens with zero attached hydrogens (tertiary/aromatic N) is 2.